The Balaban J connectivity index is 1.96. The summed E-state index contributed by atoms with van der Waals surface area (Å²) >= 11 is 0. The highest BCUT2D eigenvalue weighted by Crippen LogP contribution is 2.08. The topological polar surface area (TPSA) is 38.1 Å². The number of nitrogens with zero attached hydrogens (tertiary/aromatic N) is 1. The Bertz CT molecular complexity index is 425. The summed E-state index contributed by atoms with van der Waals surface area (Å²) in [6.07, 6.45) is 6.55. The lowest BCUT2D eigenvalue weighted by molar-refractivity contribution is 0.436. The molecule has 2 aromatic heterocycles. The average Bonchev–Trinajstić information content (AvgIpc) is 2.90. The molecular weight excluding hydrogens is 224 g/mol. The predicted octanol–water partition coefficient (Wildman–Crippen LogP) is 2.83. The maximum absolute atomic E-state index is 5.42. The van der Waals surface area contributed by atoms with Crippen LogP contribution in [0, 0.1) is 0 Å². The largest absolute Gasteiger partial charge is 0.469 e. The fraction of sp³-hybridized carbons (Fsp3) is 0.400. The Morgan fingerprint density at radius 2 is 2.17 bits per heavy atom. The van der Waals surface area contributed by atoms with Gasteiger partial charge in [-0.1, -0.05) is 13.0 Å². The van der Waals surface area contributed by atoms with E-state index < -0.39 is 0 Å². The van der Waals surface area contributed by atoms with Crippen LogP contribution in [-0.4, -0.2) is 17.6 Å². The fourth-order valence-corrected chi connectivity index (χ4v) is 2.01. The summed E-state index contributed by atoms with van der Waals surface area (Å²) in [5.41, 5.74) is 1.12. The molecule has 1 unspecified atom stereocenters. The van der Waals surface area contributed by atoms with Gasteiger partial charge in [0.15, 0.2) is 0 Å². The molecule has 0 fully saturated rings. The van der Waals surface area contributed by atoms with Gasteiger partial charge in [-0.2, -0.15) is 0 Å². The summed E-state index contributed by atoms with van der Waals surface area (Å²) in [6, 6.07) is 10.4. The summed E-state index contributed by atoms with van der Waals surface area (Å²) in [6.45, 7) is 3.20. The zero-order valence-corrected chi connectivity index (χ0v) is 10.8. The SMILES string of the molecule is CCCNC(Cc1ccccn1)Cc1ccco1. The molecular formula is C15H20N2O. The van der Waals surface area contributed by atoms with Crippen molar-refractivity contribution in [1.82, 2.24) is 10.3 Å². The molecule has 96 valence electrons. The minimum absolute atomic E-state index is 0.381. The van der Waals surface area contributed by atoms with E-state index >= 15 is 0 Å². The molecule has 3 nitrogen and oxygen atoms in total. The first kappa shape index (κ1) is 12.8. The zero-order chi connectivity index (χ0) is 12.6. The van der Waals surface area contributed by atoms with E-state index in [1.165, 1.54) is 0 Å². The Kier molecular flexibility index (Phi) is 4.97. The molecule has 0 radical (unpaired) electrons. The van der Waals surface area contributed by atoms with Gasteiger partial charge in [-0.05, 0) is 37.2 Å². The maximum Gasteiger partial charge on any atom is 0.105 e. The number of aromatic nitrogens is 1. The molecule has 18 heavy (non-hydrogen) atoms. The molecule has 2 aromatic rings. The van der Waals surface area contributed by atoms with Crippen LogP contribution in [-0.2, 0) is 12.8 Å². The number of hydrogen-bond acceptors (Lipinski definition) is 3. The molecule has 0 aliphatic heterocycles. The van der Waals surface area contributed by atoms with Crippen LogP contribution >= 0.6 is 0 Å². The smallest absolute Gasteiger partial charge is 0.105 e. The molecule has 0 aliphatic rings. The van der Waals surface area contributed by atoms with Crippen molar-refractivity contribution in [3.05, 3.63) is 54.2 Å². The quantitative estimate of drug-likeness (QED) is 0.814. The van der Waals surface area contributed by atoms with E-state index in [1.54, 1.807) is 6.26 Å². The maximum atomic E-state index is 5.42. The molecule has 1 N–H and O–H groups in total. The van der Waals surface area contributed by atoms with E-state index in [-0.39, 0.29) is 0 Å². The van der Waals surface area contributed by atoms with Crippen LogP contribution in [0.2, 0.25) is 0 Å². The first-order valence-corrected chi connectivity index (χ1v) is 6.54. The predicted molar refractivity (Wildman–Crippen MR) is 72.4 cm³/mol. The van der Waals surface area contributed by atoms with E-state index in [4.69, 9.17) is 4.42 Å². The second kappa shape index (κ2) is 6.97. The van der Waals surface area contributed by atoms with Crippen LogP contribution in [0.5, 0.6) is 0 Å². The Morgan fingerprint density at radius 1 is 1.22 bits per heavy atom. The van der Waals surface area contributed by atoms with Gasteiger partial charge in [-0.25, -0.2) is 0 Å². The third kappa shape index (κ3) is 4.00. The first-order chi connectivity index (χ1) is 8.88. The highest BCUT2D eigenvalue weighted by Gasteiger charge is 2.11. The van der Waals surface area contributed by atoms with Gasteiger partial charge in [0.05, 0.1) is 6.26 Å². The Hall–Kier alpha value is -1.61. The Labute approximate surface area is 108 Å². The van der Waals surface area contributed by atoms with Gasteiger partial charge in [-0.15, -0.1) is 0 Å². The van der Waals surface area contributed by atoms with Gasteiger partial charge in [0, 0.05) is 30.8 Å². The molecule has 0 aliphatic carbocycles. The molecule has 1 atom stereocenters. The molecule has 0 saturated heterocycles. The summed E-state index contributed by atoms with van der Waals surface area (Å²) < 4.78 is 5.42. The third-order valence-electron chi connectivity index (χ3n) is 2.89. The fourth-order valence-electron chi connectivity index (χ4n) is 2.01. The van der Waals surface area contributed by atoms with Crippen molar-refractivity contribution in [3.63, 3.8) is 0 Å². The average molecular weight is 244 g/mol. The standard InChI is InChI=1S/C15H20N2O/c1-2-8-16-14(12-15-7-5-10-18-15)11-13-6-3-4-9-17-13/h3-7,9-10,14,16H,2,8,11-12H2,1H3. The monoisotopic (exact) mass is 244 g/mol. The highest BCUT2D eigenvalue weighted by atomic mass is 16.3. The third-order valence-corrected chi connectivity index (χ3v) is 2.89. The lowest BCUT2D eigenvalue weighted by Crippen LogP contribution is -2.34. The molecule has 2 rings (SSSR count). The molecule has 2 heterocycles. The van der Waals surface area contributed by atoms with Crippen LogP contribution in [0.25, 0.3) is 0 Å². The number of rotatable bonds is 7. The lowest BCUT2D eigenvalue weighted by atomic mass is 10.1. The van der Waals surface area contributed by atoms with Crippen molar-refractivity contribution in [2.75, 3.05) is 6.54 Å². The molecule has 0 aromatic carbocycles. The minimum Gasteiger partial charge on any atom is -0.469 e. The van der Waals surface area contributed by atoms with Gasteiger partial charge in [-0.3, -0.25) is 4.98 Å². The van der Waals surface area contributed by atoms with Crippen LogP contribution in [0.15, 0.2) is 47.2 Å². The van der Waals surface area contributed by atoms with Crippen molar-refractivity contribution in [1.29, 1.82) is 0 Å². The summed E-state index contributed by atoms with van der Waals surface area (Å²) in [4.78, 5) is 4.39. The number of hydrogen-bond donors (Lipinski definition) is 1. The first-order valence-electron chi connectivity index (χ1n) is 6.54. The van der Waals surface area contributed by atoms with Crippen LogP contribution in [0.4, 0.5) is 0 Å². The minimum atomic E-state index is 0.381. The lowest BCUT2D eigenvalue weighted by Gasteiger charge is -2.17. The van der Waals surface area contributed by atoms with Crippen molar-refractivity contribution in [2.24, 2.45) is 0 Å². The molecule has 0 amide bonds. The number of furan rings is 1. The van der Waals surface area contributed by atoms with Crippen LogP contribution < -0.4 is 5.32 Å². The number of pyridine rings is 1. The van der Waals surface area contributed by atoms with Crippen LogP contribution in [0.1, 0.15) is 24.8 Å². The van der Waals surface area contributed by atoms with Gasteiger partial charge in [0.1, 0.15) is 5.76 Å². The van der Waals surface area contributed by atoms with Gasteiger partial charge >= 0.3 is 0 Å². The second-order valence-corrected chi connectivity index (χ2v) is 4.46. The second-order valence-electron chi connectivity index (χ2n) is 4.46. The van der Waals surface area contributed by atoms with E-state index in [0.717, 1.165) is 37.3 Å². The van der Waals surface area contributed by atoms with Crippen molar-refractivity contribution < 1.29 is 4.42 Å². The summed E-state index contributed by atoms with van der Waals surface area (Å²) in [7, 11) is 0. The van der Waals surface area contributed by atoms with E-state index in [0.29, 0.717) is 6.04 Å². The molecule has 0 spiro atoms. The molecule has 3 heteroatoms. The Morgan fingerprint density at radius 3 is 2.83 bits per heavy atom. The van der Waals surface area contributed by atoms with Crippen LogP contribution in [0.3, 0.4) is 0 Å². The van der Waals surface area contributed by atoms with E-state index in [1.807, 2.05) is 30.5 Å². The van der Waals surface area contributed by atoms with Gasteiger partial charge in [0.25, 0.3) is 0 Å². The van der Waals surface area contributed by atoms with Gasteiger partial charge < -0.3 is 9.73 Å². The molecule has 0 bridgehead atoms. The normalized spacial score (nSPS) is 12.5. The van der Waals surface area contributed by atoms with E-state index in [9.17, 15) is 0 Å². The van der Waals surface area contributed by atoms with Crippen molar-refractivity contribution in [2.45, 2.75) is 32.2 Å². The highest BCUT2D eigenvalue weighted by molar-refractivity contribution is 5.08. The van der Waals surface area contributed by atoms with Gasteiger partial charge in [0.2, 0.25) is 0 Å². The summed E-state index contributed by atoms with van der Waals surface area (Å²) in [5.74, 6) is 1.03. The molecule has 0 saturated carbocycles. The van der Waals surface area contributed by atoms with Crippen molar-refractivity contribution >= 4 is 0 Å². The summed E-state index contributed by atoms with van der Waals surface area (Å²) in [5, 5.41) is 3.56. The van der Waals surface area contributed by atoms with Crippen molar-refractivity contribution in [3.8, 4) is 0 Å². The van der Waals surface area contributed by atoms with E-state index in [2.05, 4.69) is 23.3 Å². The zero-order valence-electron chi connectivity index (χ0n) is 10.8. The number of nitrogens with one attached hydrogen (secondary N) is 1.